The molecule has 0 aliphatic carbocycles. The number of alkyl halides is 1. The molecule has 1 unspecified atom stereocenters. The second-order valence-electron chi connectivity index (χ2n) is 3.08. The van der Waals surface area contributed by atoms with Crippen LogP contribution in [-0.2, 0) is 9.53 Å². The van der Waals surface area contributed by atoms with E-state index in [0.717, 1.165) is 18.2 Å². The first-order valence-corrected chi connectivity index (χ1v) is 4.78. The summed E-state index contributed by atoms with van der Waals surface area (Å²) in [6.45, 7) is 1.28. The van der Waals surface area contributed by atoms with Crippen LogP contribution in [-0.4, -0.2) is 24.5 Å². The maximum atomic E-state index is 13.3. The Morgan fingerprint density at radius 1 is 1.29 bits per heavy atom. The van der Waals surface area contributed by atoms with Crippen molar-refractivity contribution in [3.8, 4) is 0 Å². The normalized spacial score (nSPS) is 12.0. The van der Waals surface area contributed by atoms with Gasteiger partial charge in [0.05, 0.1) is 12.2 Å². The number of carbonyl (C=O) groups is 2. The number of ether oxygens (including phenoxy) is 1. The average molecular weight is 246 g/mol. The Balaban J connectivity index is 3.01. The quantitative estimate of drug-likeness (QED) is 0.464. The summed E-state index contributed by atoms with van der Waals surface area (Å²) in [7, 11) is 0. The van der Waals surface area contributed by atoms with Gasteiger partial charge < -0.3 is 4.74 Å². The number of benzene rings is 1. The van der Waals surface area contributed by atoms with Gasteiger partial charge in [-0.15, -0.1) is 0 Å². The van der Waals surface area contributed by atoms with Gasteiger partial charge in [0.25, 0.3) is 6.17 Å². The Bertz CT molecular complexity index is 425. The molecule has 0 aliphatic rings. The second kappa shape index (κ2) is 5.47. The highest BCUT2D eigenvalue weighted by atomic mass is 19.1. The van der Waals surface area contributed by atoms with E-state index in [4.69, 9.17) is 0 Å². The van der Waals surface area contributed by atoms with E-state index in [1.807, 2.05) is 0 Å². The lowest BCUT2D eigenvalue weighted by Crippen LogP contribution is -2.29. The molecule has 0 aromatic heterocycles. The largest absolute Gasteiger partial charge is 0.463 e. The Kier molecular flexibility index (Phi) is 4.25. The summed E-state index contributed by atoms with van der Waals surface area (Å²) in [6, 6.07) is 2.63. The van der Waals surface area contributed by atoms with E-state index in [1.54, 1.807) is 0 Å². The van der Waals surface area contributed by atoms with Gasteiger partial charge in [0.15, 0.2) is 0 Å². The van der Waals surface area contributed by atoms with E-state index < -0.39 is 35.1 Å². The van der Waals surface area contributed by atoms with Crippen LogP contribution in [0.5, 0.6) is 0 Å². The summed E-state index contributed by atoms with van der Waals surface area (Å²) in [6.07, 6.45) is -2.72. The minimum Gasteiger partial charge on any atom is -0.463 e. The molecular formula is C11H9F3O3. The predicted molar refractivity (Wildman–Crippen MR) is 52.2 cm³/mol. The summed E-state index contributed by atoms with van der Waals surface area (Å²) < 4.78 is 43.8. The number of esters is 1. The third-order valence-corrected chi connectivity index (χ3v) is 1.93. The van der Waals surface area contributed by atoms with Crippen LogP contribution < -0.4 is 0 Å². The van der Waals surface area contributed by atoms with E-state index in [2.05, 4.69) is 4.74 Å². The van der Waals surface area contributed by atoms with E-state index in [1.165, 1.54) is 6.92 Å². The topological polar surface area (TPSA) is 43.4 Å². The van der Waals surface area contributed by atoms with Crippen molar-refractivity contribution in [3.05, 3.63) is 35.4 Å². The van der Waals surface area contributed by atoms with Crippen molar-refractivity contribution in [2.75, 3.05) is 6.61 Å². The molecule has 0 fully saturated rings. The van der Waals surface area contributed by atoms with Crippen LogP contribution in [0.1, 0.15) is 17.3 Å². The Hall–Kier alpha value is -1.85. The van der Waals surface area contributed by atoms with Gasteiger partial charge in [-0.2, -0.15) is 0 Å². The highest BCUT2D eigenvalue weighted by molar-refractivity contribution is 6.11. The summed E-state index contributed by atoms with van der Waals surface area (Å²) in [5, 5.41) is 0. The minimum atomic E-state index is -2.72. The molecule has 1 atom stereocenters. The highest BCUT2D eigenvalue weighted by Gasteiger charge is 2.32. The molecule has 1 aromatic carbocycles. The lowest BCUT2D eigenvalue weighted by Gasteiger charge is -2.08. The number of hydrogen-bond donors (Lipinski definition) is 0. The van der Waals surface area contributed by atoms with Gasteiger partial charge in [0.1, 0.15) is 11.6 Å². The molecule has 0 aliphatic heterocycles. The van der Waals surface area contributed by atoms with Gasteiger partial charge in [0.2, 0.25) is 5.78 Å². The first kappa shape index (κ1) is 13.2. The van der Waals surface area contributed by atoms with Gasteiger partial charge in [-0.25, -0.2) is 18.0 Å². The van der Waals surface area contributed by atoms with Gasteiger partial charge in [-0.3, -0.25) is 4.79 Å². The third kappa shape index (κ3) is 2.83. The highest BCUT2D eigenvalue weighted by Crippen LogP contribution is 2.16. The fraction of sp³-hybridized carbons (Fsp3) is 0.273. The minimum absolute atomic E-state index is 0.133. The standard InChI is InChI=1S/C11H9F3O3/c1-2-17-11(16)9(14)10(15)8-6(12)4-3-5-7(8)13/h3-5,9H,2H2,1H3. The number of ketones is 1. The monoisotopic (exact) mass is 246 g/mol. The first-order valence-electron chi connectivity index (χ1n) is 4.78. The predicted octanol–water partition coefficient (Wildman–Crippen LogP) is 2.05. The van der Waals surface area contributed by atoms with E-state index in [-0.39, 0.29) is 6.61 Å². The molecule has 0 saturated carbocycles. The SMILES string of the molecule is CCOC(=O)C(F)C(=O)c1c(F)cccc1F. The zero-order chi connectivity index (χ0) is 13.0. The number of carbonyl (C=O) groups excluding carboxylic acids is 2. The van der Waals surface area contributed by atoms with Gasteiger partial charge in [-0.1, -0.05) is 6.07 Å². The molecule has 92 valence electrons. The summed E-state index contributed by atoms with van der Waals surface area (Å²) in [5.74, 6) is -5.48. The molecule has 1 aromatic rings. The van der Waals surface area contributed by atoms with Crippen LogP contribution in [0.3, 0.4) is 0 Å². The van der Waals surface area contributed by atoms with Crippen LogP contribution in [0.25, 0.3) is 0 Å². The molecule has 0 radical (unpaired) electrons. The molecule has 0 heterocycles. The van der Waals surface area contributed by atoms with Crippen molar-refractivity contribution in [2.24, 2.45) is 0 Å². The molecule has 17 heavy (non-hydrogen) atoms. The zero-order valence-electron chi connectivity index (χ0n) is 8.88. The molecule has 6 heteroatoms. The molecule has 0 spiro atoms. The third-order valence-electron chi connectivity index (χ3n) is 1.93. The van der Waals surface area contributed by atoms with E-state index in [0.29, 0.717) is 0 Å². The molecule has 0 amide bonds. The number of halogens is 3. The van der Waals surface area contributed by atoms with Crippen molar-refractivity contribution < 1.29 is 27.5 Å². The maximum Gasteiger partial charge on any atom is 0.349 e. The van der Waals surface area contributed by atoms with Crippen molar-refractivity contribution >= 4 is 11.8 Å². The number of Topliss-reactive ketones (excluding diaryl/α,β-unsaturated/α-hetero) is 1. The van der Waals surface area contributed by atoms with Crippen LogP contribution in [0.2, 0.25) is 0 Å². The summed E-state index contributed by atoms with van der Waals surface area (Å²) in [4.78, 5) is 22.3. The van der Waals surface area contributed by atoms with Crippen LogP contribution in [0, 0.1) is 11.6 Å². The molecule has 0 N–H and O–H groups in total. The molecule has 0 saturated heterocycles. The van der Waals surface area contributed by atoms with Crippen LogP contribution in [0.15, 0.2) is 18.2 Å². The van der Waals surface area contributed by atoms with Crippen molar-refractivity contribution in [1.29, 1.82) is 0 Å². The Labute approximate surface area is 95.2 Å². The first-order chi connectivity index (χ1) is 7.99. The van der Waals surface area contributed by atoms with Gasteiger partial charge in [0, 0.05) is 0 Å². The number of hydrogen-bond acceptors (Lipinski definition) is 3. The number of rotatable bonds is 4. The lowest BCUT2D eigenvalue weighted by molar-refractivity contribution is -0.147. The van der Waals surface area contributed by atoms with E-state index in [9.17, 15) is 22.8 Å². The maximum absolute atomic E-state index is 13.3. The molecule has 1 rings (SSSR count). The van der Waals surface area contributed by atoms with Crippen molar-refractivity contribution in [2.45, 2.75) is 13.1 Å². The fourth-order valence-corrected chi connectivity index (χ4v) is 1.18. The molecule has 3 nitrogen and oxygen atoms in total. The molecule has 0 bridgehead atoms. The fourth-order valence-electron chi connectivity index (χ4n) is 1.18. The van der Waals surface area contributed by atoms with Crippen LogP contribution >= 0.6 is 0 Å². The van der Waals surface area contributed by atoms with Crippen molar-refractivity contribution in [3.63, 3.8) is 0 Å². The lowest BCUT2D eigenvalue weighted by atomic mass is 10.1. The van der Waals surface area contributed by atoms with Gasteiger partial charge >= 0.3 is 5.97 Å². The smallest absolute Gasteiger partial charge is 0.349 e. The summed E-state index contributed by atoms with van der Waals surface area (Å²) in [5.41, 5.74) is -1.08. The Morgan fingerprint density at radius 2 is 1.82 bits per heavy atom. The average Bonchev–Trinajstić information content (AvgIpc) is 2.27. The van der Waals surface area contributed by atoms with E-state index >= 15 is 0 Å². The van der Waals surface area contributed by atoms with Crippen molar-refractivity contribution in [1.82, 2.24) is 0 Å². The molecular weight excluding hydrogens is 237 g/mol. The Morgan fingerprint density at radius 3 is 2.29 bits per heavy atom. The summed E-state index contributed by atoms with van der Waals surface area (Å²) >= 11 is 0. The van der Waals surface area contributed by atoms with Gasteiger partial charge in [-0.05, 0) is 19.1 Å². The zero-order valence-corrected chi connectivity index (χ0v) is 8.88. The second-order valence-corrected chi connectivity index (χ2v) is 3.08. The van der Waals surface area contributed by atoms with Crippen LogP contribution in [0.4, 0.5) is 13.2 Å².